The predicted molar refractivity (Wildman–Crippen MR) is 92.8 cm³/mol. The molecule has 4 heteroatoms. The first-order valence-corrected chi connectivity index (χ1v) is 8.61. The van der Waals surface area contributed by atoms with Crippen molar-refractivity contribution in [3.05, 3.63) is 29.8 Å². The van der Waals surface area contributed by atoms with Gasteiger partial charge in [0, 0.05) is 12.1 Å². The van der Waals surface area contributed by atoms with Crippen molar-refractivity contribution >= 4 is 12.0 Å². The van der Waals surface area contributed by atoms with Gasteiger partial charge in [-0.05, 0) is 50.0 Å². The van der Waals surface area contributed by atoms with Crippen LogP contribution in [0.2, 0.25) is 0 Å². The number of rotatable bonds is 8. The fourth-order valence-corrected chi connectivity index (χ4v) is 2.72. The van der Waals surface area contributed by atoms with Gasteiger partial charge in [0.1, 0.15) is 0 Å². The quantitative estimate of drug-likeness (QED) is 0.739. The van der Waals surface area contributed by atoms with Gasteiger partial charge in [-0.2, -0.15) is 0 Å². The van der Waals surface area contributed by atoms with Crippen molar-refractivity contribution in [3.8, 4) is 11.5 Å². The summed E-state index contributed by atoms with van der Waals surface area (Å²) in [6.45, 7) is 5.26. The summed E-state index contributed by atoms with van der Waals surface area (Å²) in [5.41, 5.74) is 0.930. The Balaban J connectivity index is 1.99. The van der Waals surface area contributed by atoms with E-state index in [1.807, 2.05) is 31.2 Å². The van der Waals surface area contributed by atoms with Crippen LogP contribution in [0.4, 0.5) is 0 Å². The molecule has 0 saturated heterocycles. The summed E-state index contributed by atoms with van der Waals surface area (Å²) in [5.74, 6) is 1.45. The van der Waals surface area contributed by atoms with E-state index in [2.05, 4.69) is 12.2 Å². The van der Waals surface area contributed by atoms with Gasteiger partial charge in [-0.3, -0.25) is 4.79 Å². The van der Waals surface area contributed by atoms with E-state index in [9.17, 15) is 4.79 Å². The summed E-state index contributed by atoms with van der Waals surface area (Å²) in [5, 5.41) is 3.05. The van der Waals surface area contributed by atoms with Gasteiger partial charge in [0.25, 0.3) is 0 Å². The molecule has 4 nitrogen and oxygen atoms in total. The maximum Gasteiger partial charge on any atom is 0.244 e. The highest BCUT2D eigenvalue weighted by Gasteiger charge is 2.15. The van der Waals surface area contributed by atoms with Crippen LogP contribution in [0.15, 0.2) is 24.3 Å². The zero-order valence-electron chi connectivity index (χ0n) is 14.1. The molecule has 0 spiro atoms. The van der Waals surface area contributed by atoms with E-state index in [0.717, 1.165) is 36.3 Å². The van der Waals surface area contributed by atoms with E-state index < -0.39 is 0 Å². The molecule has 0 aliphatic heterocycles. The Morgan fingerprint density at radius 2 is 2.00 bits per heavy atom. The topological polar surface area (TPSA) is 47.6 Å². The van der Waals surface area contributed by atoms with Crippen LogP contribution in [-0.4, -0.2) is 25.2 Å². The van der Waals surface area contributed by atoms with Gasteiger partial charge in [0.2, 0.25) is 5.91 Å². The molecule has 126 valence electrons. The summed E-state index contributed by atoms with van der Waals surface area (Å²) < 4.78 is 11.3. The highest BCUT2D eigenvalue weighted by molar-refractivity contribution is 5.92. The van der Waals surface area contributed by atoms with Crippen LogP contribution < -0.4 is 14.8 Å². The summed E-state index contributed by atoms with van der Waals surface area (Å²) in [7, 11) is 0. The van der Waals surface area contributed by atoms with Crippen molar-refractivity contribution in [3.63, 3.8) is 0 Å². The van der Waals surface area contributed by atoms with Crippen LogP contribution in [0.5, 0.6) is 11.5 Å². The molecule has 1 saturated carbocycles. The molecule has 23 heavy (non-hydrogen) atoms. The van der Waals surface area contributed by atoms with E-state index >= 15 is 0 Å². The Bertz CT molecular complexity index is 533. The standard InChI is InChI=1S/C19H27NO3/c1-3-13-23-17-11-9-15(14-18(17)22-4-2)10-12-19(21)20-16-7-5-6-8-16/h9-12,14,16H,3-8,13H2,1-2H3,(H,20,21)/b12-10+. The van der Waals surface area contributed by atoms with Crippen LogP contribution >= 0.6 is 0 Å². The third-order valence-electron chi connectivity index (χ3n) is 3.86. The molecule has 1 N–H and O–H groups in total. The lowest BCUT2D eigenvalue weighted by Gasteiger charge is -2.12. The molecule has 0 radical (unpaired) electrons. The van der Waals surface area contributed by atoms with E-state index in [1.54, 1.807) is 6.08 Å². The minimum Gasteiger partial charge on any atom is -0.490 e. The lowest BCUT2D eigenvalue weighted by molar-refractivity contribution is -0.117. The van der Waals surface area contributed by atoms with Gasteiger partial charge >= 0.3 is 0 Å². The van der Waals surface area contributed by atoms with Crippen LogP contribution in [0, 0.1) is 0 Å². The number of hydrogen-bond acceptors (Lipinski definition) is 3. The third kappa shape index (κ3) is 5.62. The van der Waals surface area contributed by atoms with Crippen molar-refractivity contribution < 1.29 is 14.3 Å². The molecule has 2 rings (SSSR count). The van der Waals surface area contributed by atoms with Crippen molar-refractivity contribution in [2.75, 3.05) is 13.2 Å². The van der Waals surface area contributed by atoms with Crippen molar-refractivity contribution in [2.45, 2.75) is 52.0 Å². The Hall–Kier alpha value is -1.97. The first-order valence-electron chi connectivity index (χ1n) is 8.61. The first-order chi connectivity index (χ1) is 11.2. The minimum absolute atomic E-state index is 0.0267. The van der Waals surface area contributed by atoms with Crippen LogP contribution in [0.1, 0.15) is 51.5 Å². The van der Waals surface area contributed by atoms with Crippen molar-refractivity contribution in [1.82, 2.24) is 5.32 Å². The predicted octanol–water partition coefficient (Wildman–Crippen LogP) is 3.95. The molecule has 0 bridgehead atoms. The van der Waals surface area contributed by atoms with E-state index in [4.69, 9.17) is 9.47 Å². The van der Waals surface area contributed by atoms with Gasteiger partial charge in [0.15, 0.2) is 11.5 Å². The molecular weight excluding hydrogens is 290 g/mol. The fraction of sp³-hybridized carbons (Fsp3) is 0.526. The van der Waals surface area contributed by atoms with Crippen LogP contribution in [-0.2, 0) is 4.79 Å². The second-order valence-corrected chi connectivity index (χ2v) is 5.81. The van der Waals surface area contributed by atoms with Gasteiger partial charge < -0.3 is 14.8 Å². The fourth-order valence-electron chi connectivity index (χ4n) is 2.72. The molecule has 1 aromatic rings. The van der Waals surface area contributed by atoms with E-state index in [0.29, 0.717) is 19.3 Å². The van der Waals surface area contributed by atoms with Gasteiger partial charge in [-0.1, -0.05) is 25.8 Å². The molecule has 0 atom stereocenters. The normalized spacial score (nSPS) is 15.0. The Kier molecular flexibility index (Phi) is 6.98. The van der Waals surface area contributed by atoms with Gasteiger partial charge in [0.05, 0.1) is 13.2 Å². The molecule has 1 aliphatic rings. The molecular formula is C19H27NO3. The Morgan fingerprint density at radius 3 is 2.70 bits per heavy atom. The molecule has 0 aromatic heterocycles. The summed E-state index contributed by atoms with van der Waals surface area (Å²) >= 11 is 0. The number of ether oxygens (including phenoxy) is 2. The minimum atomic E-state index is -0.0267. The Morgan fingerprint density at radius 1 is 1.22 bits per heavy atom. The number of carbonyl (C=O) groups is 1. The summed E-state index contributed by atoms with van der Waals surface area (Å²) in [4.78, 5) is 11.9. The third-order valence-corrected chi connectivity index (χ3v) is 3.86. The monoisotopic (exact) mass is 317 g/mol. The zero-order chi connectivity index (χ0) is 16.5. The number of amides is 1. The molecule has 1 fully saturated rings. The van der Waals surface area contributed by atoms with E-state index in [1.165, 1.54) is 12.8 Å². The lowest BCUT2D eigenvalue weighted by atomic mass is 10.2. The van der Waals surface area contributed by atoms with E-state index in [-0.39, 0.29) is 5.91 Å². The van der Waals surface area contributed by atoms with Gasteiger partial charge in [-0.15, -0.1) is 0 Å². The highest BCUT2D eigenvalue weighted by Crippen LogP contribution is 2.29. The average molecular weight is 317 g/mol. The summed E-state index contributed by atoms with van der Waals surface area (Å²) in [6, 6.07) is 6.09. The van der Waals surface area contributed by atoms with Crippen molar-refractivity contribution in [1.29, 1.82) is 0 Å². The largest absolute Gasteiger partial charge is 0.490 e. The van der Waals surface area contributed by atoms with Crippen molar-refractivity contribution in [2.24, 2.45) is 0 Å². The molecule has 1 amide bonds. The first kappa shape index (κ1) is 17.4. The SMILES string of the molecule is CCCOc1ccc(/C=C/C(=O)NC2CCCC2)cc1OCC. The highest BCUT2D eigenvalue weighted by atomic mass is 16.5. The molecule has 0 heterocycles. The second-order valence-electron chi connectivity index (χ2n) is 5.81. The van der Waals surface area contributed by atoms with Gasteiger partial charge in [-0.25, -0.2) is 0 Å². The number of benzene rings is 1. The lowest BCUT2D eigenvalue weighted by Crippen LogP contribution is -2.30. The molecule has 0 unspecified atom stereocenters. The second kappa shape index (κ2) is 9.23. The Labute approximate surface area is 138 Å². The number of hydrogen-bond donors (Lipinski definition) is 1. The smallest absolute Gasteiger partial charge is 0.244 e. The van der Waals surface area contributed by atoms with Crippen LogP contribution in [0.3, 0.4) is 0 Å². The number of carbonyl (C=O) groups excluding carboxylic acids is 1. The maximum absolute atomic E-state index is 11.9. The van der Waals surface area contributed by atoms with Crippen LogP contribution in [0.25, 0.3) is 6.08 Å². The summed E-state index contributed by atoms with van der Waals surface area (Å²) in [6.07, 6.45) is 8.98. The average Bonchev–Trinajstić information content (AvgIpc) is 3.05. The molecule has 1 aliphatic carbocycles. The zero-order valence-corrected chi connectivity index (χ0v) is 14.1. The maximum atomic E-state index is 11.9. The molecule has 1 aromatic carbocycles. The number of nitrogens with one attached hydrogen (secondary N) is 1.